The van der Waals surface area contributed by atoms with E-state index in [-0.39, 0.29) is 5.91 Å². The van der Waals surface area contributed by atoms with E-state index in [1.165, 1.54) is 0 Å². The quantitative estimate of drug-likeness (QED) is 0.461. The predicted molar refractivity (Wildman–Crippen MR) is 111 cm³/mol. The zero-order valence-electron chi connectivity index (χ0n) is 15.5. The molecule has 0 aliphatic carbocycles. The molecule has 0 saturated carbocycles. The molecular weight excluding hydrogens is 372 g/mol. The molecule has 1 aromatic carbocycles. The summed E-state index contributed by atoms with van der Waals surface area (Å²) in [4.78, 5) is 25.6. The number of nitrogens with zero attached hydrogens (tertiary/aromatic N) is 4. The lowest BCUT2D eigenvalue weighted by molar-refractivity contribution is 0.0994. The number of fused-ring (bicyclic) bond motifs is 2. The Balaban J connectivity index is 1.83. The van der Waals surface area contributed by atoms with Gasteiger partial charge in [-0.15, -0.1) is 0 Å². The number of amides is 1. The second-order valence-electron chi connectivity index (χ2n) is 6.30. The van der Waals surface area contributed by atoms with Crippen LogP contribution in [0, 0.1) is 11.8 Å². The van der Waals surface area contributed by atoms with Crippen LogP contribution in [-0.4, -0.2) is 29.5 Å². The monoisotopic (exact) mass is 388 g/mol. The van der Waals surface area contributed by atoms with Crippen LogP contribution in [0.25, 0.3) is 0 Å². The Hall–Kier alpha value is -3.36. The third-order valence-electron chi connectivity index (χ3n) is 4.54. The first kappa shape index (κ1) is 18.0. The Bertz CT molecular complexity index is 1120. The van der Waals surface area contributed by atoms with Gasteiger partial charge in [0, 0.05) is 30.9 Å². The summed E-state index contributed by atoms with van der Waals surface area (Å²) in [5.41, 5.74) is 2.75. The number of halogens is 1. The minimum atomic E-state index is -0.160. The number of anilines is 3. The van der Waals surface area contributed by atoms with Crippen molar-refractivity contribution in [3.05, 3.63) is 76.6 Å². The molecule has 0 fully saturated rings. The van der Waals surface area contributed by atoms with E-state index in [9.17, 15) is 4.79 Å². The highest BCUT2D eigenvalue weighted by Gasteiger charge is 2.30. The molecule has 0 saturated heterocycles. The molecule has 3 heterocycles. The Kier molecular flexibility index (Phi) is 4.72. The van der Waals surface area contributed by atoms with Crippen molar-refractivity contribution in [2.24, 2.45) is 0 Å². The van der Waals surface area contributed by atoms with Crippen LogP contribution in [0.2, 0.25) is 5.15 Å². The zero-order valence-corrected chi connectivity index (χ0v) is 16.2. The minimum absolute atomic E-state index is 0.160. The van der Waals surface area contributed by atoms with E-state index in [0.29, 0.717) is 40.1 Å². The Morgan fingerprint density at radius 3 is 2.54 bits per heavy atom. The molecule has 4 rings (SSSR count). The van der Waals surface area contributed by atoms with Gasteiger partial charge in [0.15, 0.2) is 5.82 Å². The lowest BCUT2D eigenvalue weighted by Gasteiger charge is -2.22. The number of hydrogen-bond donors (Lipinski definition) is 0. The number of hydrogen-bond acceptors (Lipinski definition) is 4. The van der Waals surface area contributed by atoms with Gasteiger partial charge in [0.2, 0.25) is 0 Å². The van der Waals surface area contributed by atoms with E-state index < -0.39 is 0 Å². The first-order chi connectivity index (χ1) is 13.6. The molecule has 5 nitrogen and oxygen atoms in total. The highest BCUT2D eigenvalue weighted by molar-refractivity contribution is 6.29. The molecule has 3 aromatic rings. The summed E-state index contributed by atoms with van der Waals surface area (Å²) >= 11 is 6.11. The molecule has 0 bridgehead atoms. The number of carbonyl (C=O) groups is 1. The van der Waals surface area contributed by atoms with Crippen molar-refractivity contribution in [2.45, 2.75) is 6.92 Å². The molecule has 28 heavy (non-hydrogen) atoms. The van der Waals surface area contributed by atoms with Crippen LogP contribution in [0.3, 0.4) is 0 Å². The topological polar surface area (TPSA) is 49.3 Å². The number of carbonyl (C=O) groups excluding carboxylic acids is 1. The molecule has 0 radical (unpaired) electrons. The fourth-order valence-corrected chi connectivity index (χ4v) is 3.28. The number of rotatable bonds is 1. The lowest BCUT2D eigenvalue weighted by atomic mass is 10.1. The average molecular weight is 389 g/mol. The van der Waals surface area contributed by atoms with Crippen molar-refractivity contribution in [3.8, 4) is 11.8 Å². The van der Waals surface area contributed by atoms with E-state index in [0.717, 1.165) is 5.56 Å². The lowest BCUT2D eigenvalue weighted by Crippen LogP contribution is -2.25. The second kappa shape index (κ2) is 7.34. The molecule has 0 spiro atoms. The summed E-state index contributed by atoms with van der Waals surface area (Å²) in [7, 11) is 1.72. The summed E-state index contributed by atoms with van der Waals surface area (Å²) in [6.07, 6.45) is 1.68. The van der Waals surface area contributed by atoms with Crippen LogP contribution in [-0.2, 0) is 0 Å². The van der Waals surface area contributed by atoms with Gasteiger partial charge in [-0.1, -0.05) is 41.6 Å². The maximum Gasteiger partial charge on any atom is 0.261 e. The second-order valence-corrected chi connectivity index (χ2v) is 6.68. The molecule has 1 aliphatic rings. The third kappa shape index (κ3) is 3.19. The molecule has 2 aromatic heterocycles. The normalized spacial score (nSPS) is 12.6. The van der Waals surface area contributed by atoms with Gasteiger partial charge in [0.1, 0.15) is 11.0 Å². The summed E-state index contributed by atoms with van der Waals surface area (Å²) in [5, 5.41) is 0.367. The summed E-state index contributed by atoms with van der Waals surface area (Å²) in [5.74, 6) is 7.20. The van der Waals surface area contributed by atoms with Gasteiger partial charge in [0.05, 0.1) is 11.3 Å². The molecule has 6 heteroatoms. The van der Waals surface area contributed by atoms with Gasteiger partial charge in [-0.2, -0.15) is 0 Å². The van der Waals surface area contributed by atoms with E-state index in [4.69, 9.17) is 11.6 Å². The first-order valence-corrected chi connectivity index (χ1v) is 9.25. The van der Waals surface area contributed by atoms with Gasteiger partial charge >= 0.3 is 0 Å². The maximum absolute atomic E-state index is 13.1. The standard InChI is InChI=1S/C22H17ClN4O/c1-3-27-20-17(22(28)26(2)18-11-12-19(23)25-21(18)27)13-16(14-24-20)10-9-15-7-5-4-6-8-15/h4-8,11-14H,3H2,1-2H3. The van der Waals surface area contributed by atoms with Gasteiger partial charge in [-0.3, -0.25) is 4.79 Å². The minimum Gasteiger partial charge on any atom is -0.309 e. The van der Waals surface area contributed by atoms with E-state index in [2.05, 4.69) is 21.8 Å². The fraction of sp³-hybridized carbons (Fsp3) is 0.136. The van der Waals surface area contributed by atoms with Gasteiger partial charge in [-0.25, -0.2) is 9.97 Å². The van der Waals surface area contributed by atoms with Crippen LogP contribution in [0.4, 0.5) is 17.3 Å². The Morgan fingerprint density at radius 2 is 1.79 bits per heavy atom. The van der Waals surface area contributed by atoms with Crippen molar-refractivity contribution < 1.29 is 4.79 Å². The number of benzene rings is 1. The summed E-state index contributed by atoms with van der Waals surface area (Å²) in [6, 6.07) is 15.0. The Labute approximate surface area is 168 Å². The molecular formula is C22H17ClN4O. The number of aromatic nitrogens is 2. The molecule has 0 atom stereocenters. The van der Waals surface area contributed by atoms with Crippen LogP contribution in [0.1, 0.15) is 28.4 Å². The molecule has 0 N–H and O–H groups in total. The van der Waals surface area contributed by atoms with E-state index in [1.807, 2.05) is 42.2 Å². The molecule has 138 valence electrons. The van der Waals surface area contributed by atoms with Gasteiger partial charge in [-0.05, 0) is 37.3 Å². The third-order valence-corrected chi connectivity index (χ3v) is 4.75. The molecule has 1 amide bonds. The van der Waals surface area contributed by atoms with Gasteiger partial charge < -0.3 is 9.80 Å². The van der Waals surface area contributed by atoms with Crippen molar-refractivity contribution >= 4 is 34.8 Å². The Morgan fingerprint density at radius 1 is 1.04 bits per heavy atom. The fourth-order valence-electron chi connectivity index (χ4n) is 3.13. The number of pyridine rings is 2. The first-order valence-electron chi connectivity index (χ1n) is 8.87. The highest BCUT2D eigenvalue weighted by atomic mass is 35.5. The smallest absolute Gasteiger partial charge is 0.261 e. The van der Waals surface area contributed by atoms with Crippen LogP contribution in [0.15, 0.2) is 54.7 Å². The van der Waals surface area contributed by atoms with Crippen molar-refractivity contribution in [3.63, 3.8) is 0 Å². The summed E-state index contributed by atoms with van der Waals surface area (Å²) in [6.45, 7) is 2.58. The SMILES string of the molecule is CCN1c2ncc(C#Cc3ccccc3)cc2C(=O)N(C)c2ccc(Cl)nc21. The van der Waals surface area contributed by atoms with Crippen molar-refractivity contribution in [1.29, 1.82) is 0 Å². The van der Waals surface area contributed by atoms with Gasteiger partial charge in [0.25, 0.3) is 5.91 Å². The predicted octanol–water partition coefficient (Wildman–Crippen LogP) is 4.28. The largest absolute Gasteiger partial charge is 0.309 e. The van der Waals surface area contributed by atoms with E-state index in [1.54, 1.807) is 36.3 Å². The molecule has 0 unspecified atom stereocenters. The molecule has 1 aliphatic heterocycles. The van der Waals surface area contributed by atoms with Crippen LogP contribution < -0.4 is 9.80 Å². The van der Waals surface area contributed by atoms with Crippen molar-refractivity contribution in [2.75, 3.05) is 23.4 Å². The zero-order chi connectivity index (χ0) is 19.7. The maximum atomic E-state index is 13.1. The average Bonchev–Trinajstić information content (AvgIpc) is 2.80. The highest BCUT2D eigenvalue weighted by Crippen LogP contribution is 2.38. The summed E-state index contributed by atoms with van der Waals surface area (Å²) < 4.78 is 0. The van der Waals surface area contributed by atoms with E-state index >= 15 is 0 Å². The van der Waals surface area contributed by atoms with Crippen LogP contribution in [0.5, 0.6) is 0 Å². The van der Waals surface area contributed by atoms with Crippen molar-refractivity contribution in [1.82, 2.24) is 9.97 Å². The van der Waals surface area contributed by atoms with Crippen LogP contribution >= 0.6 is 11.6 Å².